The molecule has 0 saturated heterocycles. The zero-order valence-electron chi connectivity index (χ0n) is 6.95. The molecule has 1 atom stereocenters. The second-order valence-corrected chi connectivity index (χ2v) is 5.33. The van der Waals surface area contributed by atoms with E-state index in [2.05, 4.69) is 0 Å². The summed E-state index contributed by atoms with van der Waals surface area (Å²) in [5.74, 6) is 0.0224. The van der Waals surface area contributed by atoms with Crippen LogP contribution in [0.4, 0.5) is 0 Å². The van der Waals surface area contributed by atoms with Crippen LogP contribution in [0.1, 0.15) is 27.2 Å². The molecule has 1 rings (SSSR count). The first-order valence-corrected chi connectivity index (χ1v) is 4.47. The highest BCUT2D eigenvalue weighted by atomic mass is 35.5. The minimum atomic E-state index is -1.15. The fourth-order valence-corrected chi connectivity index (χ4v) is 2.33. The van der Waals surface area contributed by atoms with Gasteiger partial charge in [0.25, 0.3) is 0 Å². The van der Waals surface area contributed by atoms with Crippen LogP contribution in [0, 0.1) is 11.3 Å². The van der Waals surface area contributed by atoms with Crippen LogP contribution in [0.15, 0.2) is 0 Å². The summed E-state index contributed by atoms with van der Waals surface area (Å²) in [5, 5.41) is 0. The first-order valence-electron chi connectivity index (χ1n) is 3.71. The molecule has 0 aromatic carbocycles. The average Bonchev–Trinajstić information content (AvgIpc) is 1.94. The van der Waals surface area contributed by atoms with E-state index in [4.69, 9.17) is 23.2 Å². The Morgan fingerprint density at radius 2 is 1.91 bits per heavy atom. The predicted molar refractivity (Wildman–Crippen MR) is 47.0 cm³/mol. The van der Waals surface area contributed by atoms with E-state index in [9.17, 15) is 4.79 Å². The molecule has 11 heavy (non-hydrogen) atoms. The summed E-state index contributed by atoms with van der Waals surface area (Å²) in [4.78, 5) is 11.5. The fourth-order valence-electron chi connectivity index (χ4n) is 1.66. The summed E-state index contributed by atoms with van der Waals surface area (Å²) in [7, 11) is 0. The monoisotopic (exact) mass is 194 g/mol. The lowest BCUT2D eigenvalue weighted by molar-refractivity contribution is -0.124. The van der Waals surface area contributed by atoms with Crippen molar-refractivity contribution in [3.05, 3.63) is 0 Å². The van der Waals surface area contributed by atoms with Gasteiger partial charge in [-0.3, -0.25) is 4.79 Å². The van der Waals surface area contributed by atoms with Gasteiger partial charge in [-0.05, 0) is 12.3 Å². The molecule has 0 N–H and O–H groups in total. The molecule has 0 heterocycles. The highest BCUT2D eigenvalue weighted by molar-refractivity contribution is 6.59. The number of Topliss-reactive ketones (excluding diaryl/α,β-unsaturated/α-hetero) is 1. The number of ketones is 1. The van der Waals surface area contributed by atoms with E-state index in [1.165, 1.54) is 0 Å². The molecule has 0 aromatic rings. The van der Waals surface area contributed by atoms with Gasteiger partial charge in [-0.15, -0.1) is 0 Å². The molecular formula is C8H12Cl2O. The number of halogens is 2. The van der Waals surface area contributed by atoms with Gasteiger partial charge in [-0.25, -0.2) is 0 Å². The molecule has 0 aliphatic heterocycles. The molecule has 1 fully saturated rings. The smallest absolute Gasteiger partial charge is 0.179 e. The zero-order chi connectivity index (χ0) is 8.86. The van der Waals surface area contributed by atoms with Crippen molar-refractivity contribution in [3.8, 4) is 0 Å². The van der Waals surface area contributed by atoms with Crippen molar-refractivity contribution < 1.29 is 4.79 Å². The molecule has 64 valence electrons. The van der Waals surface area contributed by atoms with Crippen molar-refractivity contribution >= 4 is 29.0 Å². The summed E-state index contributed by atoms with van der Waals surface area (Å²) in [6, 6.07) is 0. The third-order valence-corrected chi connectivity index (χ3v) is 3.44. The molecule has 3 heteroatoms. The molecule has 1 aliphatic rings. The van der Waals surface area contributed by atoms with E-state index >= 15 is 0 Å². The lowest BCUT2D eigenvalue weighted by Gasteiger charge is -2.17. The SMILES string of the molecule is CC1CC(C)(C)C(=O)C1(Cl)Cl. The Morgan fingerprint density at radius 3 is 2.00 bits per heavy atom. The topological polar surface area (TPSA) is 17.1 Å². The van der Waals surface area contributed by atoms with Gasteiger partial charge in [-0.2, -0.15) is 0 Å². The first kappa shape index (κ1) is 9.34. The van der Waals surface area contributed by atoms with Gasteiger partial charge in [0.1, 0.15) is 0 Å². The van der Waals surface area contributed by atoms with Crippen LogP contribution in [-0.2, 0) is 4.79 Å². The number of carbonyl (C=O) groups is 1. The average molecular weight is 195 g/mol. The van der Waals surface area contributed by atoms with Crippen LogP contribution in [0.3, 0.4) is 0 Å². The largest absolute Gasteiger partial charge is 0.296 e. The minimum absolute atomic E-state index is 0.0409. The zero-order valence-corrected chi connectivity index (χ0v) is 8.46. The standard InChI is InChI=1S/C8H12Cl2O/c1-5-4-7(2,3)6(11)8(5,9)10/h5H,4H2,1-3H3. The lowest BCUT2D eigenvalue weighted by atomic mass is 9.90. The number of alkyl halides is 2. The van der Waals surface area contributed by atoms with Crippen molar-refractivity contribution in [3.63, 3.8) is 0 Å². The summed E-state index contributed by atoms with van der Waals surface area (Å²) in [6.45, 7) is 5.68. The van der Waals surface area contributed by atoms with Crippen molar-refractivity contribution in [2.75, 3.05) is 0 Å². The van der Waals surface area contributed by atoms with E-state index in [1.807, 2.05) is 20.8 Å². The van der Waals surface area contributed by atoms with E-state index in [-0.39, 0.29) is 17.1 Å². The van der Waals surface area contributed by atoms with Crippen LogP contribution in [-0.4, -0.2) is 10.1 Å². The maximum Gasteiger partial charge on any atom is 0.179 e. The minimum Gasteiger partial charge on any atom is -0.296 e. The summed E-state index contributed by atoms with van der Waals surface area (Å²) in [6.07, 6.45) is 0.777. The van der Waals surface area contributed by atoms with Crippen molar-refractivity contribution in [1.82, 2.24) is 0 Å². The molecule has 0 bridgehead atoms. The first-order chi connectivity index (χ1) is 4.78. The Hall–Kier alpha value is 0.250. The van der Waals surface area contributed by atoms with Gasteiger partial charge in [-0.1, -0.05) is 44.0 Å². The van der Waals surface area contributed by atoms with Crippen molar-refractivity contribution in [1.29, 1.82) is 0 Å². The maximum atomic E-state index is 11.5. The van der Waals surface area contributed by atoms with E-state index in [0.717, 1.165) is 6.42 Å². The summed E-state index contributed by atoms with van der Waals surface area (Å²) >= 11 is 11.7. The van der Waals surface area contributed by atoms with Crippen molar-refractivity contribution in [2.45, 2.75) is 31.5 Å². The van der Waals surface area contributed by atoms with E-state index in [1.54, 1.807) is 0 Å². The van der Waals surface area contributed by atoms with E-state index < -0.39 is 4.33 Å². The lowest BCUT2D eigenvalue weighted by Crippen LogP contribution is -2.30. The molecule has 1 saturated carbocycles. The summed E-state index contributed by atoms with van der Waals surface area (Å²) < 4.78 is -1.15. The van der Waals surface area contributed by atoms with Gasteiger partial charge in [0, 0.05) is 5.41 Å². The molecule has 0 amide bonds. The van der Waals surface area contributed by atoms with Gasteiger partial charge in [0.15, 0.2) is 10.1 Å². The Labute approximate surface area is 77.1 Å². The van der Waals surface area contributed by atoms with Gasteiger partial charge < -0.3 is 0 Å². The molecule has 0 spiro atoms. The Balaban J connectivity index is 2.99. The molecule has 1 unspecified atom stereocenters. The highest BCUT2D eigenvalue weighted by Crippen LogP contribution is 2.50. The summed E-state index contributed by atoms with van der Waals surface area (Å²) in [5.41, 5.74) is -0.344. The number of hydrogen-bond donors (Lipinski definition) is 0. The normalized spacial score (nSPS) is 34.3. The molecule has 0 radical (unpaired) electrons. The molecule has 1 aliphatic carbocycles. The van der Waals surface area contributed by atoms with Crippen LogP contribution in [0.2, 0.25) is 0 Å². The number of hydrogen-bond acceptors (Lipinski definition) is 1. The maximum absolute atomic E-state index is 11.5. The Kier molecular flexibility index (Phi) is 2.01. The third-order valence-electron chi connectivity index (χ3n) is 2.35. The number of carbonyl (C=O) groups excluding carboxylic acids is 1. The van der Waals surface area contributed by atoms with Gasteiger partial charge >= 0.3 is 0 Å². The second-order valence-electron chi connectivity index (χ2n) is 3.94. The third kappa shape index (κ3) is 1.29. The molecule has 1 nitrogen and oxygen atoms in total. The predicted octanol–water partition coefficient (Wildman–Crippen LogP) is 2.80. The van der Waals surface area contributed by atoms with Crippen LogP contribution < -0.4 is 0 Å². The molecular weight excluding hydrogens is 183 g/mol. The Morgan fingerprint density at radius 1 is 1.45 bits per heavy atom. The van der Waals surface area contributed by atoms with Crippen LogP contribution >= 0.6 is 23.2 Å². The highest BCUT2D eigenvalue weighted by Gasteiger charge is 2.54. The quantitative estimate of drug-likeness (QED) is 0.543. The van der Waals surface area contributed by atoms with Crippen LogP contribution in [0.5, 0.6) is 0 Å². The fraction of sp³-hybridized carbons (Fsp3) is 0.875. The molecule has 0 aromatic heterocycles. The van der Waals surface area contributed by atoms with Crippen molar-refractivity contribution in [2.24, 2.45) is 11.3 Å². The Bertz CT molecular complexity index is 196. The van der Waals surface area contributed by atoms with Crippen LogP contribution in [0.25, 0.3) is 0 Å². The van der Waals surface area contributed by atoms with Gasteiger partial charge in [0.2, 0.25) is 0 Å². The second kappa shape index (κ2) is 2.37. The van der Waals surface area contributed by atoms with E-state index in [0.29, 0.717) is 0 Å². The van der Waals surface area contributed by atoms with Gasteiger partial charge in [0.05, 0.1) is 0 Å². The number of rotatable bonds is 0.